The topological polar surface area (TPSA) is 65.8 Å². The van der Waals surface area contributed by atoms with E-state index in [0.717, 1.165) is 35.7 Å². The number of ether oxygens (including phenoxy) is 3. The highest BCUT2D eigenvalue weighted by Gasteiger charge is 2.23. The van der Waals surface area contributed by atoms with Gasteiger partial charge < -0.3 is 14.2 Å². The van der Waals surface area contributed by atoms with Gasteiger partial charge in [-0.05, 0) is 62.2 Å². The van der Waals surface area contributed by atoms with Gasteiger partial charge in [0.2, 0.25) is 0 Å². The summed E-state index contributed by atoms with van der Waals surface area (Å²) < 4.78 is 19.2. The fourth-order valence-electron chi connectivity index (χ4n) is 3.86. The minimum atomic E-state index is -0.446. The molecule has 0 saturated carbocycles. The first-order chi connectivity index (χ1) is 16.4. The Morgan fingerprint density at radius 1 is 1.12 bits per heavy atom. The minimum Gasteiger partial charge on any atom is -0.489 e. The third-order valence-electron chi connectivity index (χ3n) is 5.57. The molecule has 1 aliphatic rings. The predicted octanol–water partition coefficient (Wildman–Crippen LogP) is 4.56. The van der Waals surface area contributed by atoms with Crippen molar-refractivity contribution in [3.05, 3.63) is 78.1 Å². The summed E-state index contributed by atoms with van der Waals surface area (Å²) in [7, 11) is 0. The highest BCUT2D eigenvalue weighted by molar-refractivity contribution is 5.70. The lowest BCUT2D eigenvalue weighted by atomic mass is 10.1. The maximum Gasteiger partial charge on any atom is 0.307 e. The molecule has 0 aliphatic carbocycles. The molecule has 1 aromatic heterocycles. The molecule has 0 bridgehead atoms. The van der Waals surface area contributed by atoms with Gasteiger partial charge >= 0.3 is 5.97 Å². The summed E-state index contributed by atoms with van der Waals surface area (Å²) in [5.41, 5.74) is 2.78. The van der Waals surface area contributed by atoms with Gasteiger partial charge in [-0.15, -0.1) is 0 Å². The Morgan fingerprint density at radius 2 is 1.88 bits per heavy atom. The van der Waals surface area contributed by atoms with E-state index < -0.39 is 5.60 Å². The lowest BCUT2D eigenvalue weighted by molar-refractivity contribution is -0.155. The second-order valence-corrected chi connectivity index (χ2v) is 9.47. The Morgan fingerprint density at radius 3 is 2.56 bits per heavy atom. The maximum atomic E-state index is 12.0. The van der Waals surface area contributed by atoms with Crippen molar-refractivity contribution in [2.75, 3.05) is 26.2 Å². The number of rotatable bonds is 8. The van der Waals surface area contributed by atoms with Gasteiger partial charge in [0.05, 0.1) is 24.8 Å². The zero-order valence-corrected chi connectivity index (χ0v) is 20.1. The molecule has 0 amide bonds. The van der Waals surface area contributed by atoms with Crippen molar-refractivity contribution in [2.45, 2.75) is 45.5 Å². The standard InChI is InChI=1S/C27H33N3O4/c1-27(2,3)34-26(31)13-16-29-17-18-32-25(19-29)22-7-11-24(12-8-22)33-20-21-5-9-23(10-6-21)30-15-4-14-28-30/h4-12,14-15,25H,13,16-20H2,1-3H3. The van der Waals surface area contributed by atoms with Crippen LogP contribution >= 0.6 is 0 Å². The fraction of sp³-hybridized carbons (Fsp3) is 0.407. The van der Waals surface area contributed by atoms with Crippen LogP contribution in [0, 0.1) is 0 Å². The Kier molecular flexibility index (Phi) is 7.65. The van der Waals surface area contributed by atoms with Crippen molar-refractivity contribution in [2.24, 2.45) is 0 Å². The maximum absolute atomic E-state index is 12.0. The molecule has 0 N–H and O–H groups in total. The second-order valence-electron chi connectivity index (χ2n) is 9.47. The molecule has 34 heavy (non-hydrogen) atoms. The van der Waals surface area contributed by atoms with Gasteiger partial charge in [-0.1, -0.05) is 24.3 Å². The highest BCUT2D eigenvalue weighted by atomic mass is 16.6. The minimum absolute atomic E-state index is 0.0173. The van der Waals surface area contributed by atoms with Crippen LogP contribution in [-0.4, -0.2) is 52.5 Å². The van der Waals surface area contributed by atoms with E-state index in [0.29, 0.717) is 26.2 Å². The summed E-state index contributed by atoms with van der Waals surface area (Å²) in [5, 5.41) is 4.24. The molecule has 180 valence electrons. The average molecular weight is 464 g/mol. The molecule has 1 saturated heterocycles. The van der Waals surface area contributed by atoms with E-state index in [1.165, 1.54) is 0 Å². The molecule has 7 heteroatoms. The molecule has 0 spiro atoms. The summed E-state index contributed by atoms with van der Waals surface area (Å²) in [4.78, 5) is 14.3. The first-order valence-corrected chi connectivity index (χ1v) is 11.7. The van der Waals surface area contributed by atoms with Crippen molar-refractivity contribution < 1.29 is 19.0 Å². The average Bonchev–Trinajstić information content (AvgIpc) is 3.36. The van der Waals surface area contributed by atoms with Crippen molar-refractivity contribution in [1.29, 1.82) is 0 Å². The van der Waals surface area contributed by atoms with E-state index in [9.17, 15) is 4.79 Å². The first-order valence-electron chi connectivity index (χ1n) is 11.7. The summed E-state index contributed by atoms with van der Waals surface area (Å²) >= 11 is 0. The van der Waals surface area contributed by atoms with Crippen LogP contribution in [0.1, 0.15) is 44.4 Å². The lowest BCUT2D eigenvalue weighted by Gasteiger charge is -2.33. The normalized spacial score (nSPS) is 16.9. The number of aromatic nitrogens is 2. The number of esters is 1. The Bertz CT molecular complexity index is 1040. The smallest absolute Gasteiger partial charge is 0.307 e. The molecule has 7 nitrogen and oxygen atoms in total. The zero-order chi connectivity index (χ0) is 24.0. The summed E-state index contributed by atoms with van der Waals surface area (Å²) in [6.45, 7) is 9.06. The first kappa shape index (κ1) is 24.0. The number of nitrogens with zero attached hydrogens (tertiary/aromatic N) is 3. The number of benzene rings is 2. The number of carbonyl (C=O) groups is 1. The lowest BCUT2D eigenvalue weighted by Crippen LogP contribution is -2.39. The number of morpholine rings is 1. The number of hydrogen-bond donors (Lipinski definition) is 0. The molecule has 3 aromatic rings. The second kappa shape index (κ2) is 10.8. The largest absolute Gasteiger partial charge is 0.489 e. The van der Waals surface area contributed by atoms with E-state index in [-0.39, 0.29) is 12.1 Å². The summed E-state index contributed by atoms with van der Waals surface area (Å²) in [6.07, 6.45) is 4.06. The van der Waals surface area contributed by atoms with Crippen LogP contribution in [0.4, 0.5) is 0 Å². The van der Waals surface area contributed by atoms with Crippen LogP contribution < -0.4 is 4.74 Å². The van der Waals surface area contributed by atoms with Crippen LogP contribution in [0.25, 0.3) is 5.69 Å². The molecule has 4 rings (SSSR count). The Hall–Kier alpha value is -3.16. The third-order valence-corrected chi connectivity index (χ3v) is 5.57. The molecular weight excluding hydrogens is 430 g/mol. The zero-order valence-electron chi connectivity index (χ0n) is 20.1. The summed E-state index contributed by atoms with van der Waals surface area (Å²) in [6, 6.07) is 18.1. The molecule has 2 aromatic carbocycles. The van der Waals surface area contributed by atoms with Crippen molar-refractivity contribution >= 4 is 5.97 Å². The fourth-order valence-corrected chi connectivity index (χ4v) is 3.86. The molecule has 0 radical (unpaired) electrons. The predicted molar refractivity (Wildman–Crippen MR) is 130 cm³/mol. The van der Waals surface area contributed by atoms with Crippen molar-refractivity contribution in [3.8, 4) is 11.4 Å². The highest BCUT2D eigenvalue weighted by Crippen LogP contribution is 2.25. The molecule has 1 atom stereocenters. The van der Waals surface area contributed by atoms with Gasteiger partial charge in [0.15, 0.2) is 0 Å². The van der Waals surface area contributed by atoms with Gasteiger partial charge in [-0.3, -0.25) is 9.69 Å². The van der Waals surface area contributed by atoms with Gasteiger partial charge in [-0.25, -0.2) is 4.68 Å². The number of carbonyl (C=O) groups excluding carboxylic acids is 1. The molecule has 1 unspecified atom stereocenters. The van der Waals surface area contributed by atoms with E-state index in [1.807, 2.05) is 74.1 Å². The molecular formula is C27H33N3O4. The van der Waals surface area contributed by atoms with Gasteiger partial charge in [0.25, 0.3) is 0 Å². The van der Waals surface area contributed by atoms with Crippen LogP contribution in [0.2, 0.25) is 0 Å². The van der Waals surface area contributed by atoms with Crippen LogP contribution in [-0.2, 0) is 20.9 Å². The van der Waals surface area contributed by atoms with Crippen molar-refractivity contribution in [1.82, 2.24) is 14.7 Å². The molecule has 1 aliphatic heterocycles. The van der Waals surface area contributed by atoms with E-state index in [2.05, 4.69) is 22.1 Å². The SMILES string of the molecule is CC(C)(C)OC(=O)CCN1CCOC(c2ccc(OCc3ccc(-n4cccn4)cc3)cc2)C1. The van der Waals surface area contributed by atoms with Gasteiger partial charge in [0, 0.05) is 32.0 Å². The van der Waals surface area contributed by atoms with Crippen molar-refractivity contribution in [3.63, 3.8) is 0 Å². The van der Waals surface area contributed by atoms with E-state index in [1.54, 1.807) is 6.20 Å². The quantitative estimate of drug-likeness (QED) is 0.457. The molecule has 1 fully saturated rings. The van der Waals surface area contributed by atoms with Crippen LogP contribution in [0.3, 0.4) is 0 Å². The monoisotopic (exact) mass is 463 g/mol. The Labute approximate surface area is 201 Å². The number of hydrogen-bond acceptors (Lipinski definition) is 6. The van der Waals surface area contributed by atoms with Crippen LogP contribution in [0.15, 0.2) is 67.0 Å². The van der Waals surface area contributed by atoms with E-state index in [4.69, 9.17) is 14.2 Å². The third kappa shape index (κ3) is 6.92. The Balaban J connectivity index is 1.25. The van der Waals surface area contributed by atoms with Crippen LogP contribution in [0.5, 0.6) is 5.75 Å². The van der Waals surface area contributed by atoms with Gasteiger partial charge in [0.1, 0.15) is 18.0 Å². The molecule has 2 heterocycles. The van der Waals surface area contributed by atoms with E-state index >= 15 is 0 Å². The summed E-state index contributed by atoms with van der Waals surface area (Å²) in [5.74, 6) is 0.658. The van der Waals surface area contributed by atoms with Gasteiger partial charge in [-0.2, -0.15) is 5.10 Å².